The van der Waals surface area contributed by atoms with Crippen LogP contribution in [0, 0.1) is 0 Å². The van der Waals surface area contributed by atoms with Gasteiger partial charge in [0.2, 0.25) is 0 Å². The van der Waals surface area contributed by atoms with Gasteiger partial charge in [-0.05, 0) is 110 Å². The summed E-state index contributed by atoms with van der Waals surface area (Å²) in [6.45, 7) is 13.9. The summed E-state index contributed by atoms with van der Waals surface area (Å²) in [6, 6.07) is 80.1. The molecule has 69 heavy (non-hydrogen) atoms. The van der Waals surface area contributed by atoms with Crippen molar-refractivity contribution in [1.29, 1.82) is 0 Å². The Bertz CT molecular complexity index is 3890. The van der Waals surface area contributed by atoms with E-state index in [1.807, 2.05) is 6.07 Å². The fourth-order valence-corrected chi connectivity index (χ4v) is 10.5. The molecule has 0 radical (unpaired) electrons. The first-order valence-corrected chi connectivity index (χ1v) is 24.2. The summed E-state index contributed by atoms with van der Waals surface area (Å²) in [5, 5.41) is 7.12. The van der Waals surface area contributed by atoms with Gasteiger partial charge in [-0.3, -0.25) is 0 Å². The molecule has 3 nitrogen and oxygen atoms in total. The second-order valence-electron chi connectivity index (χ2n) is 20.6. The van der Waals surface area contributed by atoms with Crippen molar-refractivity contribution in [2.24, 2.45) is 0 Å². The fraction of sp³-hybridized carbons (Fsp3) is 0.121. The van der Waals surface area contributed by atoms with Crippen molar-refractivity contribution < 1.29 is 4.42 Å². The Balaban J connectivity index is 1.10. The number of hydrogen-bond donors (Lipinski definition) is 0. The number of para-hydroxylation sites is 5. The highest BCUT2D eigenvalue weighted by Crippen LogP contribution is 2.48. The molecule has 0 fully saturated rings. The van der Waals surface area contributed by atoms with Crippen LogP contribution >= 0.6 is 0 Å². The lowest BCUT2D eigenvalue weighted by Crippen LogP contribution is -2.16. The highest BCUT2D eigenvalue weighted by molar-refractivity contribution is 6.14. The van der Waals surface area contributed by atoms with Gasteiger partial charge in [0, 0.05) is 55.8 Å². The fourth-order valence-electron chi connectivity index (χ4n) is 10.5. The first kappa shape index (κ1) is 42.2. The lowest BCUT2D eigenvalue weighted by atomic mass is 9.78. The van der Waals surface area contributed by atoms with Crippen LogP contribution in [0.2, 0.25) is 0 Å². The van der Waals surface area contributed by atoms with E-state index in [-0.39, 0.29) is 10.8 Å². The molecule has 0 unspecified atom stereocenters. The van der Waals surface area contributed by atoms with E-state index in [1.165, 1.54) is 66.0 Å². The van der Waals surface area contributed by atoms with E-state index in [0.29, 0.717) is 0 Å². The van der Waals surface area contributed by atoms with Gasteiger partial charge in [-0.15, -0.1) is 0 Å². The maximum atomic E-state index is 6.62. The van der Waals surface area contributed by atoms with Crippen LogP contribution in [0.3, 0.4) is 0 Å². The second-order valence-corrected chi connectivity index (χ2v) is 20.6. The van der Waals surface area contributed by atoms with Gasteiger partial charge >= 0.3 is 0 Å². The van der Waals surface area contributed by atoms with Crippen molar-refractivity contribution in [3.8, 4) is 39.1 Å². The number of benzene rings is 10. The minimum atomic E-state index is -0.0182. The van der Waals surface area contributed by atoms with Gasteiger partial charge in [0.1, 0.15) is 11.2 Å². The minimum Gasteiger partial charge on any atom is -0.456 e. The Morgan fingerprint density at radius 2 is 0.986 bits per heavy atom. The Hall–Kier alpha value is -8.14. The summed E-state index contributed by atoms with van der Waals surface area (Å²) in [4.78, 5) is 2.43. The molecule has 0 saturated heterocycles. The summed E-state index contributed by atoms with van der Waals surface area (Å²) in [7, 11) is 0. The van der Waals surface area contributed by atoms with Gasteiger partial charge in [0.05, 0.1) is 16.7 Å². The average molecular weight is 891 g/mol. The van der Waals surface area contributed by atoms with Gasteiger partial charge in [0.25, 0.3) is 0 Å². The molecule has 334 valence electrons. The van der Waals surface area contributed by atoms with Crippen molar-refractivity contribution in [2.75, 3.05) is 4.90 Å². The normalized spacial score (nSPS) is 12.2. The molecule has 0 saturated carbocycles. The number of anilines is 3. The van der Waals surface area contributed by atoms with E-state index in [1.54, 1.807) is 0 Å². The molecule has 2 aromatic heterocycles. The first-order valence-electron chi connectivity index (χ1n) is 24.2. The molecule has 12 aromatic rings. The molecule has 0 atom stereocenters. The molecule has 0 N–H and O–H groups in total. The third-order valence-electron chi connectivity index (χ3n) is 14.1. The molecule has 0 bridgehead atoms. The number of furan rings is 1. The molecule has 0 aliphatic rings. The summed E-state index contributed by atoms with van der Waals surface area (Å²) < 4.78 is 9.04. The summed E-state index contributed by atoms with van der Waals surface area (Å²) in [6.07, 6.45) is 0. The van der Waals surface area contributed by atoms with Crippen LogP contribution in [0.5, 0.6) is 0 Å². The molecule has 3 heteroatoms. The van der Waals surface area contributed by atoms with Crippen LogP contribution < -0.4 is 4.90 Å². The lowest BCUT2D eigenvalue weighted by Gasteiger charge is -2.29. The predicted octanol–water partition coefficient (Wildman–Crippen LogP) is 18.9. The number of hydrogen-bond acceptors (Lipinski definition) is 2. The molecule has 12 rings (SSSR count). The zero-order chi connectivity index (χ0) is 47.0. The third kappa shape index (κ3) is 7.28. The molecule has 0 aliphatic carbocycles. The van der Waals surface area contributed by atoms with E-state index >= 15 is 0 Å². The molecule has 0 amide bonds. The SMILES string of the molecule is CC(C)(C)c1cc(-c2cccc3cccc(-c4ccccc4N(c4cccc(-c5cccc6c7ccccc7n(-c7ccccc7)c56)c4)c4ccc5c(c4)oc4ccccc45)c23)cc(C(C)(C)C)c1. The largest absolute Gasteiger partial charge is 0.456 e. The molecular weight excluding hydrogens is 837 g/mol. The summed E-state index contributed by atoms with van der Waals surface area (Å²) in [5.41, 5.74) is 18.1. The van der Waals surface area contributed by atoms with Crippen LogP contribution in [-0.4, -0.2) is 4.57 Å². The number of fused-ring (bicyclic) bond motifs is 7. The Morgan fingerprint density at radius 1 is 0.391 bits per heavy atom. The maximum absolute atomic E-state index is 6.62. The third-order valence-corrected chi connectivity index (χ3v) is 14.1. The first-order chi connectivity index (χ1) is 33.5. The van der Waals surface area contributed by atoms with Crippen molar-refractivity contribution in [2.45, 2.75) is 52.4 Å². The zero-order valence-electron chi connectivity index (χ0n) is 40.1. The van der Waals surface area contributed by atoms with Crippen LogP contribution in [0.4, 0.5) is 17.1 Å². The Morgan fingerprint density at radius 3 is 1.77 bits per heavy atom. The molecular formula is C66H54N2O. The van der Waals surface area contributed by atoms with Crippen LogP contribution in [0.15, 0.2) is 223 Å². The smallest absolute Gasteiger partial charge is 0.137 e. The van der Waals surface area contributed by atoms with E-state index in [9.17, 15) is 0 Å². The van der Waals surface area contributed by atoms with Gasteiger partial charge in [-0.1, -0.05) is 199 Å². The van der Waals surface area contributed by atoms with Gasteiger partial charge in [-0.25, -0.2) is 0 Å². The van der Waals surface area contributed by atoms with E-state index < -0.39 is 0 Å². The van der Waals surface area contributed by atoms with Crippen molar-refractivity contribution >= 4 is 71.6 Å². The van der Waals surface area contributed by atoms with Gasteiger partial charge in [0.15, 0.2) is 0 Å². The van der Waals surface area contributed by atoms with E-state index in [0.717, 1.165) is 55.8 Å². The van der Waals surface area contributed by atoms with Crippen molar-refractivity contribution in [1.82, 2.24) is 4.57 Å². The maximum Gasteiger partial charge on any atom is 0.137 e. The second kappa shape index (κ2) is 16.3. The highest BCUT2D eigenvalue weighted by atomic mass is 16.3. The van der Waals surface area contributed by atoms with E-state index in [2.05, 4.69) is 263 Å². The van der Waals surface area contributed by atoms with Crippen molar-refractivity contribution in [3.63, 3.8) is 0 Å². The minimum absolute atomic E-state index is 0.0182. The van der Waals surface area contributed by atoms with Gasteiger partial charge in [-0.2, -0.15) is 0 Å². The van der Waals surface area contributed by atoms with Crippen LogP contribution in [0.1, 0.15) is 52.7 Å². The van der Waals surface area contributed by atoms with Gasteiger partial charge < -0.3 is 13.9 Å². The number of aromatic nitrogens is 1. The predicted molar refractivity (Wildman–Crippen MR) is 294 cm³/mol. The quantitative estimate of drug-likeness (QED) is 0.159. The standard InChI is InChI=1S/C66H54N2O/c1-65(2,3)46-38-45(39-47(41-46)66(4,5)6)51-29-17-20-43-21-18-31-57(63(43)51)53-26-10-13-33-59(53)67(50-36-37-56-55-28-12-15-35-61(55)69-62(56)42-50)49-25-16-22-44(40-49)52-30-19-32-58-54-27-11-14-34-60(54)68(64(52)58)48-23-8-7-9-24-48/h7-42H,1-6H3. The number of nitrogens with zero attached hydrogens (tertiary/aromatic N) is 2. The van der Waals surface area contributed by atoms with Crippen molar-refractivity contribution in [3.05, 3.63) is 230 Å². The Kier molecular flexibility index (Phi) is 9.97. The molecule has 10 aromatic carbocycles. The molecule has 0 aliphatic heterocycles. The topological polar surface area (TPSA) is 21.3 Å². The monoisotopic (exact) mass is 890 g/mol. The number of rotatable bonds is 7. The van der Waals surface area contributed by atoms with Crippen LogP contribution in [0.25, 0.3) is 93.6 Å². The highest BCUT2D eigenvalue weighted by Gasteiger charge is 2.25. The lowest BCUT2D eigenvalue weighted by molar-refractivity contribution is 0.569. The molecule has 2 heterocycles. The zero-order valence-corrected chi connectivity index (χ0v) is 40.1. The summed E-state index contributed by atoms with van der Waals surface area (Å²) in [5.74, 6) is 0. The average Bonchev–Trinajstić information content (AvgIpc) is 3.92. The van der Waals surface area contributed by atoms with E-state index in [4.69, 9.17) is 4.42 Å². The Labute approximate surface area is 404 Å². The summed E-state index contributed by atoms with van der Waals surface area (Å²) >= 11 is 0. The van der Waals surface area contributed by atoms with Crippen LogP contribution in [-0.2, 0) is 10.8 Å². The molecule has 0 spiro atoms.